The molecule has 0 N–H and O–H groups in total. The maximum Gasteiger partial charge on any atom is 0.269 e. The third-order valence-electron chi connectivity index (χ3n) is 5.50. The minimum Gasteiger partial charge on any atom is -1.00 e. The zero-order valence-corrected chi connectivity index (χ0v) is 17.2. The lowest BCUT2D eigenvalue weighted by atomic mass is 9.89. The fourth-order valence-electron chi connectivity index (χ4n) is 4.20. The second-order valence-electron chi connectivity index (χ2n) is 7.34. The van der Waals surface area contributed by atoms with Gasteiger partial charge in [-0.2, -0.15) is 0 Å². The van der Waals surface area contributed by atoms with Gasteiger partial charge in [0.15, 0.2) is 0 Å². The first-order chi connectivity index (χ1) is 12.8. The molecule has 0 aromatic heterocycles. The van der Waals surface area contributed by atoms with Gasteiger partial charge in [-0.25, -0.2) is 8.42 Å². The number of halogens is 1. The zero-order valence-electron chi connectivity index (χ0n) is 15.6. The summed E-state index contributed by atoms with van der Waals surface area (Å²) in [4.78, 5) is 12.7. The SMILES string of the molecule is Cc1ccc2c(c1)[C@@H]1CN(C)CC[C@@H]1N2S(=O)(=O)c1ccc([N+](=O)[O-])cc1.[Cl-]. The summed E-state index contributed by atoms with van der Waals surface area (Å²) in [6.45, 7) is 3.66. The molecule has 0 spiro atoms. The Labute approximate surface area is 170 Å². The molecule has 28 heavy (non-hydrogen) atoms. The number of aryl methyl sites for hydroxylation is 1. The van der Waals surface area contributed by atoms with Crippen molar-refractivity contribution in [2.24, 2.45) is 0 Å². The Morgan fingerprint density at radius 3 is 2.46 bits per heavy atom. The molecule has 0 unspecified atom stereocenters. The second kappa shape index (κ2) is 7.35. The molecule has 2 aromatic carbocycles. The lowest BCUT2D eigenvalue weighted by Gasteiger charge is -2.36. The van der Waals surface area contributed by atoms with E-state index >= 15 is 0 Å². The van der Waals surface area contributed by atoms with Gasteiger partial charge in [0.05, 0.1) is 21.5 Å². The summed E-state index contributed by atoms with van der Waals surface area (Å²) < 4.78 is 28.4. The Hall–Kier alpha value is -2.16. The highest BCUT2D eigenvalue weighted by molar-refractivity contribution is 7.92. The van der Waals surface area contributed by atoms with Crippen LogP contribution in [0.1, 0.15) is 23.5 Å². The number of sulfonamides is 1. The molecule has 0 saturated carbocycles. The molecule has 150 valence electrons. The molecule has 9 heteroatoms. The number of nitrogens with zero attached hydrogens (tertiary/aromatic N) is 3. The van der Waals surface area contributed by atoms with E-state index in [4.69, 9.17) is 0 Å². The van der Waals surface area contributed by atoms with E-state index in [1.165, 1.54) is 24.3 Å². The van der Waals surface area contributed by atoms with Gasteiger partial charge in [-0.3, -0.25) is 14.4 Å². The normalized spacial score (nSPS) is 21.6. The summed E-state index contributed by atoms with van der Waals surface area (Å²) in [7, 11) is -1.75. The number of nitro benzene ring substituents is 1. The van der Waals surface area contributed by atoms with E-state index in [0.717, 1.165) is 36.3 Å². The molecular weight excluding hydrogens is 402 g/mol. The first-order valence-corrected chi connectivity index (χ1v) is 10.3. The molecule has 7 nitrogen and oxygen atoms in total. The molecule has 2 aliphatic heterocycles. The largest absolute Gasteiger partial charge is 1.00 e. The van der Waals surface area contributed by atoms with Crippen LogP contribution in [0.2, 0.25) is 0 Å². The highest BCUT2D eigenvalue weighted by atomic mass is 35.5. The van der Waals surface area contributed by atoms with E-state index in [0.29, 0.717) is 0 Å². The van der Waals surface area contributed by atoms with E-state index in [-0.39, 0.29) is 34.9 Å². The van der Waals surface area contributed by atoms with Gasteiger partial charge >= 0.3 is 0 Å². The Morgan fingerprint density at radius 1 is 1.14 bits per heavy atom. The van der Waals surface area contributed by atoms with E-state index in [1.54, 1.807) is 4.31 Å². The zero-order chi connectivity index (χ0) is 19.3. The first kappa shape index (κ1) is 20.6. The molecule has 2 atom stereocenters. The van der Waals surface area contributed by atoms with Crippen molar-refractivity contribution in [3.63, 3.8) is 0 Å². The minimum atomic E-state index is -3.80. The van der Waals surface area contributed by atoms with E-state index in [2.05, 4.69) is 18.0 Å². The maximum atomic E-state index is 13.4. The molecule has 2 aromatic rings. The van der Waals surface area contributed by atoms with Crippen LogP contribution in [0.15, 0.2) is 47.4 Å². The topological polar surface area (TPSA) is 83.8 Å². The van der Waals surface area contributed by atoms with Crippen LogP contribution in [0.4, 0.5) is 11.4 Å². The quantitative estimate of drug-likeness (QED) is 0.509. The number of likely N-dealkylation sites (N-methyl/N-ethyl adjacent to an activating group) is 1. The third kappa shape index (κ3) is 3.25. The van der Waals surface area contributed by atoms with Gasteiger partial charge in [0.1, 0.15) is 0 Å². The van der Waals surface area contributed by atoms with E-state index in [9.17, 15) is 18.5 Å². The summed E-state index contributed by atoms with van der Waals surface area (Å²) in [6.07, 6.45) is 0.751. The number of benzene rings is 2. The Morgan fingerprint density at radius 2 is 1.82 bits per heavy atom. The second-order valence-corrected chi connectivity index (χ2v) is 9.15. The lowest BCUT2D eigenvalue weighted by molar-refractivity contribution is -0.384. The maximum absolute atomic E-state index is 13.4. The highest BCUT2D eigenvalue weighted by Gasteiger charge is 2.46. The lowest BCUT2D eigenvalue weighted by Crippen LogP contribution is -3.00. The molecule has 2 aliphatic rings. The van der Waals surface area contributed by atoms with Crippen molar-refractivity contribution in [2.75, 3.05) is 24.4 Å². The number of piperidine rings is 1. The Kier molecular flexibility index (Phi) is 5.40. The number of likely N-dealkylation sites (tertiary alicyclic amines) is 1. The predicted octanol–water partition coefficient (Wildman–Crippen LogP) is -0.0962. The van der Waals surface area contributed by atoms with Crippen molar-refractivity contribution >= 4 is 21.4 Å². The monoisotopic (exact) mass is 422 g/mol. The van der Waals surface area contributed by atoms with Crippen LogP contribution in [0.3, 0.4) is 0 Å². The van der Waals surface area contributed by atoms with Crippen LogP contribution in [-0.2, 0) is 10.0 Å². The Balaban J connectivity index is 0.00000225. The van der Waals surface area contributed by atoms with E-state index < -0.39 is 14.9 Å². The number of anilines is 1. The van der Waals surface area contributed by atoms with Crippen molar-refractivity contribution in [1.29, 1.82) is 0 Å². The van der Waals surface area contributed by atoms with Gasteiger partial charge in [0.25, 0.3) is 15.7 Å². The number of rotatable bonds is 3. The van der Waals surface area contributed by atoms with Crippen molar-refractivity contribution in [3.8, 4) is 0 Å². The number of nitro groups is 1. The molecule has 4 rings (SSSR count). The van der Waals surface area contributed by atoms with Crippen LogP contribution in [-0.4, -0.2) is 44.4 Å². The molecule has 1 saturated heterocycles. The standard InChI is InChI=1S/C19H21N3O4S.ClH/c1-13-3-8-18-16(11-13)17-12-20(2)10-9-19(17)21(18)27(25,26)15-6-4-14(5-7-15)22(23)24;/h3-8,11,17,19H,9-10,12H2,1-2H3;1H/p-1/t17-,19-;/m0./s1. The average Bonchev–Trinajstić information content (AvgIpc) is 2.95. The number of hydrogen-bond donors (Lipinski definition) is 0. The van der Waals surface area contributed by atoms with Gasteiger partial charge < -0.3 is 17.3 Å². The van der Waals surface area contributed by atoms with Crippen molar-refractivity contribution < 1.29 is 25.7 Å². The van der Waals surface area contributed by atoms with Crippen LogP contribution >= 0.6 is 0 Å². The molecule has 0 aliphatic carbocycles. The summed E-state index contributed by atoms with van der Waals surface area (Å²) in [5, 5.41) is 10.9. The van der Waals surface area contributed by atoms with Gasteiger partial charge in [-0.05, 0) is 50.7 Å². The smallest absolute Gasteiger partial charge is 0.269 e. The summed E-state index contributed by atoms with van der Waals surface area (Å²) in [5.41, 5.74) is 2.78. The Bertz CT molecular complexity index is 1010. The third-order valence-corrected chi connectivity index (χ3v) is 7.36. The van der Waals surface area contributed by atoms with Crippen molar-refractivity contribution in [1.82, 2.24) is 4.90 Å². The predicted molar refractivity (Wildman–Crippen MR) is 103 cm³/mol. The molecular formula is C19H21ClN3O4S-. The number of non-ortho nitro benzene ring substituents is 1. The van der Waals surface area contributed by atoms with Crippen LogP contribution in [0.5, 0.6) is 0 Å². The molecule has 1 fully saturated rings. The van der Waals surface area contributed by atoms with Gasteiger partial charge in [0, 0.05) is 24.6 Å². The van der Waals surface area contributed by atoms with E-state index in [1.807, 2.05) is 19.1 Å². The minimum absolute atomic E-state index is 0. The summed E-state index contributed by atoms with van der Waals surface area (Å²) in [6, 6.07) is 10.9. The average molecular weight is 423 g/mol. The van der Waals surface area contributed by atoms with Crippen molar-refractivity contribution in [2.45, 2.75) is 30.2 Å². The summed E-state index contributed by atoms with van der Waals surface area (Å²) in [5.74, 6) is 0.131. The van der Waals surface area contributed by atoms with Crippen LogP contribution in [0, 0.1) is 17.0 Å². The van der Waals surface area contributed by atoms with Crippen LogP contribution < -0.4 is 16.7 Å². The fourth-order valence-corrected chi connectivity index (χ4v) is 5.94. The first-order valence-electron chi connectivity index (χ1n) is 8.87. The number of hydrogen-bond acceptors (Lipinski definition) is 5. The fraction of sp³-hybridized carbons (Fsp3) is 0.368. The molecule has 0 bridgehead atoms. The summed E-state index contributed by atoms with van der Waals surface area (Å²) >= 11 is 0. The van der Waals surface area contributed by atoms with Gasteiger partial charge in [0.2, 0.25) is 0 Å². The van der Waals surface area contributed by atoms with Gasteiger partial charge in [-0.1, -0.05) is 17.7 Å². The highest BCUT2D eigenvalue weighted by Crippen LogP contribution is 2.47. The van der Waals surface area contributed by atoms with Gasteiger partial charge in [-0.15, -0.1) is 0 Å². The molecule has 2 heterocycles. The van der Waals surface area contributed by atoms with Crippen molar-refractivity contribution in [3.05, 3.63) is 63.7 Å². The number of fused-ring (bicyclic) bond motifs is 3. The molecule has 0 amide bonds. The molecule has 0 radical (unpaired) electrons. The van der Waals surface area contributed by atoms with Crippen LogP contribution in [0.25, 0.3) is 0 Å².